The number of thiophene rings is 1. The Labute approximate surface area is 159 Å². The molecule has 0 unspecified atom stereocenters. The highest BCUT2D eigenvalue weighted by molar-refractivity contribution is 7.14. The number of rotatable bonds is 5. The molecule has 0 saturated heterocycles. The molecule has 0 aliphatic carbocycles. The molecule has 0 fully saturated rings. The molecule has 1 aliphatic rings. The lowest BCUT2D eigenvalue weighted by Crippen LogP contribution is -2.38. The molecule has 3 rings (SSSR count). The number of aryl methyl sites for hydroxylation is 2. The summed E-state index contributed by atoms with van der Waals surface area (Å²) >= 11 is 1.25. The van der Waals surface area contributed by atoms with E-state index in [9.17, 15) is 18.0 Å². The lowest BCUT2D eigenvalue weighted by atomic mass is 10.1. The summed E-state index contributed by atoms with van der Waals surface area (Å²) in [5, 5.41) is 0. The predicted molar refractivity (Wildman–Crippen MR) is 96.7 cm³/mol. The van der Waals surface area contributed by atoms with Gasteiger partial charge in [-0.1, -0.05) is 13.0 Å². The third kappa shape index (κ3) is 4.74. The van der Waals surface area contributed by atoms with Crippen molar-refractivity contribution in [3.05, 3.63) is 45.1 Å². The standard InChI is InChI=1S/C19H20F3NO3S/c1-3-16-12(2)8-17(27-16)18(24)23(11-19(20,21)22)10-13-4-5-14-15(9-13)26-7-6-25-14/h4-5,8-9H,3,6-7,10-11H2,1-2H3. The lowest BCUT2D eigenvalue weighted by molar-refractivity contribution is -0.141. The molecule has 0 saturated carbocycles. The first-order valence-corrected chi connectivity index (χ1v) is 9.42. The van der Waals surface area contributed by atoms with Crippen molar-refractivity contribution < 1.29 is 27.4 Å². The van der Waals surface area contributed by atoms with Crippen LogP contribution in [-0.4, -0.2) is 36.7 Å². The Hall–Kier alpha value is -2.22. The molecule has 146 valence electrons. The quantitative estimate of drug-likeness (QED) is 0.738. The summed E-state index contributed by atoms with van der Waals surface area (Å²) in [5.74, 6) is 0.425. The molecular weight excluding hydrogens is 379 g/mol. The maximum absolute atomic E-state index is 13.1. The van der Waals surface area contributed by atoms with Crippen LogP contribution >= 0.6 is 11.3 Å². The Morgan fingerprint density at radius 1 is 1.19 bits per heavy atom. The minimum Gasteiger partial charge on any atom is -0.486 e. The van der Waals surface area contributed by atoms with E-state index in [1.165, 1.54) is 11.3 Å². The van der Waals surface area contributed by atoms with Gasteiger partial charge in [0, 0.05) is 11.4 Å². The van der Waals surface area contributed by atoms with E-state index in [2.05, 4.69) is 0 Å². The normalized spacial score (nSPS) is 13.5. The van der Waals surface area contributed by atoms with Crippen LogP contribution in [0.1, 0.15) is 32.6 Å². The first-order valence-electron chi connectivity index (χ1n) is 8.60. The van der Waals surface area contributed by atoms with Crippen LogP contribution in [-0.2, 0) is 13.0 Å². The second kappa shape index (κ2) is 7.80. The van der Waals surface area contributed by atoms with Gasteiger partial charge in [-0.3, -0.25) is 4.79 Å². The molecule has 1 aromatic heterocycles. The fraction of sp³-hybridized carbons (Fsp3) is 0.421. The third-order valence-corrected chi connectivity index (χ3v) is 5.56. The first-order chi connectivity index (χ1) is 12.8. The second-order valence-electron chi connectivity index (χ2n) is 6.32. The van der Waals surface area contributed by atoms with Crippen molar-refractivity contribution >= 4 is 17.2 Å². The van der Waals surface area contributed by atoms with Crippen molar-refractivity contribution in [2.75, 3.05) is 19.8 Å². The fourth-order valence-corrected chi connectivity index (χ4v) is 4.04. The van der Waals surface area contributed by atoms with Crippen molar-refractivity contribution in [1.29, 1.82) is 0 Å². The van der Waals surface area contributed by atoms with Crippen molar-refractivity contribution in [1.82, 2.24) is 4.90 Å². The number of halogens is 3. The molecule has 0 N–H and O–H groups in total. The van der Waals surface area contributed by atoms with Gasteiger partial charge in [0.1, 0.15) is 19.8 Å². The van der Waals surface area contributed by atoms with Crippen LogP contribution < -0.4 is 9.47 Å². The number of carbonyl (C=O) groups is 1. The minimum atomic E-state index is -4.48. The summed E-state index contributed by atoms with van der Waals surface area (Å²) in [5.41, 5.74) is 1.48. The van der Waals surface area contributed by atoms with E-state index >= 15 is 0 Å². The highest BCUT2D eigenvalue weighted by Gasteiger charge is 2.34. The van der Waals surface area contributed by atoms with Crippen molar-refractivity contribution in [2.24, 2.45) is 0 Å². The van der Waals surface area contributed by atoms with E-state index in [1.54, 1.807) is 24.3 Å². The summed E-state index contributed by atoms with van der Waals surface area (Å²) in [6, 6.07) is 6.60. The molecule has 0 bridgehead atoms. The van der Waals surface area contributed by atoms with Crippen LogP contribution in [0.3, 0.4) is 0 Å². The molecule has 2 aromatic rings. The van der Waals surface area contributed by atoms with Gasteiger partial charge in [0.05, 0.1) is 4.88 Å². The number of fused-ring (bicyclic) bond motifs is 1. The maximum atomic E-state index is 13.1. The predicted octanol–water partition coefficient (Wildman–Crippen LogP) is 4.59. The zero-order valence-corrected chi connectivity index (χ0v) is 15.9. The van der Waals surface area contributed by atoms with Crippen LogP contribution in [0.25, 0.3) is 0 Å². The molecule has 4 nitrogen and oxygen atoms in total. The van der Waals surface area contributed by atoms with Crippen LogP contribution in [0, 0.1) is 6.92 Å². The topological polar surface area (TPSA) is 38.8 Å². The Morgan fingerprint density at radius 3 is 2.52 bits per heavy atom. The Morgan fingerprint density at radius 2 is 1.89 bits per heavy atom. The number of carbonyl (C=O) groups excluding carboxylic acids is 1. The van der Waals surface area contributed by atoms with Gasteiger partial charge in [0.15, 0.2) is 11.5 Å². The van der Waals surface area contributed by atoms with E-state index in [0.717, 1.165) is 21.8 Å². The maximum Gasteiger partial charge on any atom is 0.406 e. The molecular formula is C19H20F3NO3S. The van der Waals surface area contributed by atoms with Gasteiger partial charge in [-0.05, 0) is 42.7 Å². The van der Waals surface area contributed by atoms with Crippen LogP contribution in [0.15, 0.2) is 24.3 Å². The molecule has 2 heterocycles. The lowest BCUT2D eigenvalue weighted by Gasteiger charge is -2.25. The number of alkyl halides is 3. The van der Waals surface area contributed by atoms with Crippen LogP contribution in [0.4, 0.5) is 13.2 Å². The Kier molecular flexibility index (Phi) is 5.64. The van der Waals surface area contributed by atoms with Gasteiger partial charge in [0.2, 0.25) is 0 Å². The SMILES string of the molecule is CCc1sc(C(=O)N(Cc2ccc3c(c2)OCCO3)CC(F)(F)F)cc1C. The van der Waals surface area contributed by atoms with E-state index in [4.69, 9.17) is 9.47 Å². The minimum absolute atomic E-state index is 0.159. The average Bonchev–Trinajstić information content (AvgIpc) is 3.00. The third-order valence-electron chi connectivity index (χ3n) is 4.19. The molecule has 8 heteroatoms. The first kappa shape index (κ1) is 19.5. The fourth-order valence-electron chi connectivity index (χ4n) is 2.95. The molecule has 0 atom stereocenters. The molecule has 1 amide bonds. The van der Waals surface area contributed by atoms with Crippen molar-refractivity contribution in [3.63, 3.8) is 0 Å². The summed E-state index contributed by atoms with van der Waals surface area (Å²) in [6.45, 7) is 3.17. The largest absolute Gasteiger partial charge is 0.486 e. The highest BCUT2D eigenvalue weighted by Crippen LogP contribution is 2.32. The molecule has 0 radical (unpaired) electrons. The van der Waals surface area contributed by atoms with E-state index in [1.807, 2.05) is 13.8 Å². The molecule has 1 aromatic carbocycles. The Bertz CT molecular complexity index is 832. The van der Waals surface area contributed by atoms with E-state index in [-0.39, 0.29) is 6.54 Å². The number of ether oxygens (including phenoxy) is 2. The number of amides is 1. The van der Waals surface area contributed by atoms with Crippen LogP contribution in [0.2, 0.25) is 0 Å². The van der Waals surface area contributed by atoms with E-state index < -0.39 is 18.6 Å². The number of benzene rings is 1. The van der Waals surface area contributed by atoms with Crippen molar-refractivity contribution in [2.45, 2.75) is 33.0 Å². The van der Waals surface area contributed by atoms with Gasteiger partial charge < -0.3 is 14.4 Å². The molecule has 27 heavy (non-hydrogen) atoms. The van der Waals surface area contributed by atoms with Gasteiger partial charge >= 0.3 is 6.18 Å². The number of hydrogen-bond acceptors (Lipinski definition) is 4. The highest BCUT2D eigenvalue weighted by atomic mass is 32.1. The summed E-state index contributed by atoms with van der Waals surface area (Å²) < 4.78 is 50.1. The van der Waals surface area contributed by atoms with Crippen LogP contribution in [0.5, 0.6) is 11.5 Å². The molecule has 0 spiro atoms. The zero-order chi connectivity index (χ0) is 19.6. The monoisotopic (exact) mass is 399 g/mol. The van der Waals surface area contributed by atoms with Gasteiger partial charge in [-0.15, -0.1) is 11.3 Å². The number of hydrogen-bond donors (Lipinski definition) is 0. The molecule has 1 aliphatic heterocycles. The Balaban J connectivity index is 1.85. The second-order valence-corrected chi connectivity index (χ2v) is 7.46. The van der Waals surface area contributed by atoms with Gasteiger partial charge in [-0.25, -0.2) is 0 Å². The number of nitrogens with zero attached hydrogens (tertiary/aromatic N) is 1. The van der Waals surface area contributed by atoms with E-state index in [0.29, 0.717) is 35.2 Å². The van der Waals surface area contributed by atoms with Gasteiger partial charge in [-0.2, -0.15) is 13.2 Å². The zero-order valence-electron chi connectivity index (χ0n) is 15.1. The summed E-state index contributed by atoms with van der Waals surface area (Å²) in [6.07, 6.45) is -3.74. The summed E-state index contributed by atoms with van der Waals surface area (Å²) in [4.78, 5) is 14.9. The van der Waals surface area contributed by atoms with Crippen molar-refractivity contribution in [3.8, 4) is 11.5 Å². The smallest absolute Gasteiger partial charge is 0.406 e. The van der Waals surface area contributed by atoms with Gasteiger partial charge in [0.25, 0.3) is 5.91 Å². The summed E-state index contributed by atoms with van der Waals surface area (Å²) in [7, 11) is 0. The average molecular weight is 399 g/mol.